The molecule has 1 aliphatic rings. The molecule has 0 bridgehead atoms. The molecule has 3 rings (SSSR count). The summed E-state index contributed by atoms with van der Waals surface area (Å²) in [4.78, 5) is 37.1. The summed E-state index contributed by atoms with van der Waals surface area (Å²) < 4.78 is 15.8. The van der Waals surface area contributed by atoms with Gasteiger partial charge in [-0.3, -0.25) is 9.59 Å². The Bertz CT molecular complexity index is 860. The summed E-state index contributed by atoms with van der Waals surface area (Å²) in [5, 5.41) is 2.73. The first-order chi connectivity index (χ1) is 14.5. The van der Waals surface area contributed by atoms with E-state index < -0.39 is 18.0 Å². The van der Waals surface area contributed by atoms with Gasteiger partial charge in [-0.15, -0.1) is 0 Å². The molecule has 1 unspecified atom stereocenters. The molecule has 8 nitrogen and oxygen atoms in total. The number of nitrogens with one attached hydrogen (secondary N) is 1. The first kappa shape index (κ1) is 21.3. The SMILES string of the molecule is CC(OC(=O)COc1ccc(C=O)cc1)C(=O)Nc1ccc(N2CCOCC2)cc1. The molecule has 1 amide bonds. The zero-order valence-electron chi connectivity index (χ0n) is 16.7. The average Bonchev–Trinajstić information content (AvgIpc) is 2.79. The van der Waals surface area contributed by atoms with Gasteiger partial charge in [0.1, 0.15) is 12.0 Å². The second-order valence-electron chi connectivity index (χ2n) is 6.74. The van der Waals surface area contributed by atoms with Crippen LogP contribution in [0.3, 0.4) is 0 Å². The first-order valence-electron chi connectivity index (χ1n) is 9.66. The van der Waals surface area contributed by atoms with Crippen LogP contribution in [0, 0.1) is 0 Å². The van der Waals surface area contributed by atoms with Crippen LogP contribution in [0.5, 0.6) is 5.75 Å². The quantitative estimate of drug-likeness (QED) is 0.525. The molecule has 2 aromatic rings. The smallest absolute Gasteiger partial charge is 0.344 e. The molecule has 0 aromatic heterocycles. The van der Waals surface area contributed by atoms with Crippen LogP contribution in [0.15, 0.2) is 48.5 Å². The van der Waals surface area contributed by atoms with Crippen molar-refractivity contribution in [3.8, 4) is 5.75 Å². The summed E-state index contributed by atoms with van der Waals surface area (Å²) in [6, 6.07) is 13.8. The molecule has 0 radical (unpaired) electrons. The van der Waals surface area contributed by atoms with Crippen molar-refractivity contribution < 1.29 is 28.6 Å². The van der Waals surface area contributed by atoms with Gasteiger partial charge >= 0.3 is 5.97 Å². The van der Waals surface area contributed by atoms with Gasteiger partial charge in [0.05, 0.1) is 13.2 Å². The Hall–Kier alpha value is -3.39. The van der Waals surface area contributed by atoms with Crippen molar-refractivity contribution in [2.75, 3.05) is 43.1 Å². The maximum absolute atomic E-state index is 12.3. The molecule has 1 heterocycles. The molecular weight excluding hydrogens is 388 g/mol. The fraction of sp³-hybridized carbons (Fsp3) is 0.318. The second-order valence-corrected chi connectivity index (χ2v) is 6.74. The zero-order chi connectivity index (χ0) is 21.3. The Kier molecular flexibility index (Phi) is 7.40. The van der Waals surface area contributed by atoms with E-state index in [1.54, 1.807) is 24.3 Å². The third kappa shape index (κ3) is 6.05. The molecule has 0 saturated carbocycles. The van der Waals surface area contributed by atoms with Crippen LogP contribution in [0.1, 0.15) is 17.3 Å². The number of hydrogen-bond acceptors (Lipinski definition) is 7. The van der Waals surface area contributed by atoms with E-state index in [1.165, 1.54) is 6.92 Å². The van der Waals surface area contributed by atoms with E-state index in [9.17, 15) is 14.4 Å². The van der Waals surface area contributed by atoms with Gasteiger partial charge in [-0.2, -0.15) is 0 Å². The zero-order valence-corrected chi connectivity index (χ0v) is 16.7. The first-order valence-corrected chi connectivity index (χ1v) is 9.66. The predicted molar refractivity (Wildman–Crippen MR) is 111 cm³/mol. The van der Waals surface area contributed by atoms with Gasteiger partial charge in [-0.1, -0.05) is 0 Å². The lowest BCUT2D eigenvalue weighted by molar-refractivity contribution is -0.155. The van der Waals surface area contributed by atoms with Gasteiger partial charge in [0, 0.05) is 30.0 Å². The summed E-state index contributed by atoms with van der Waals surface area (Å²) in [6.45, 7) is 4.23. The van der Waals surface area contributed by atoms with E-state index in [4.69, 9.17) is 14.2 Å². The highest BCUT2D eigenvalue weighted by atomic mass is 16.6. The van der Waals surface area contributed by atoms with Crippen molar-refractivity contribution in [1.29, 1.82) is 0 Å². The van der Waals surface area contributed by atoms with Gasteiger partial charge in [0.25, 0.3) is 5.91 Å². The monoisotopic (exact) mass is 412 g/mol. The van der Waals surface area contributed by atoms with Crippen LogP contribution in [-0.4, -0.2) is 57.2 Å². The molecule has 1 saturated heterocycles. The number of amides is 1. The van der Waals surface area contributed by atoms with Gasteiger partial charge in [0.2, 0.25) is 0 Å². The highest BCUT2D eigenvalue weighted by Crippen LogP contribution is 2.19. The van der Waals surface area contributed by atoms with Crippen molar-refractivity contribution >= 4 is 29.5 Å². The topological polar surface area (TPSA) is 94.2 Å². The van der Waals surface area contributed by atoms with E-state index in [0.29, 0.717) is 36.5 Å². The molecular formula is C22H24N2O6. The molecule has 1 fully saturated rings. The van der Waals surface area contributed by atoms with Crippen molar-refractivity contribution in [3.63, 3.8) is 0 Å². The van der Waals surface area contributed by atoms with Gasteiger partial charge < -0.3 is 24.4 Å². The Labute approximate surface area is 174 Å². The number of carbonyl (C=O) groups excluding carboxylic acids is 3. The highest BCUT2D eigenvalue weighted by molar-refractivity contribution is 5.95. The van der Waals surface area contributed by atoms with Gasteiger partial charge in [-0.05, 0) is 55.5 Å². The van der Waals surface area contributed by atoms with Crippen molar-refractivity contribution in [3.05, 3.63) is 54.1 Å². The maximum atomic E-state index is 12.3. The van der Waals surface area contributed by atoms with Crippen molar-refractivity contribution in [1.82, 2.24) is 0 Å². The van der Waals surface area contributed by atoms with Crippen LogP contribution in [0.2, 0.25) is 0 Å². The van der Waals surface area contributed by atoms with Gasteiger partial charge in [0.15, 0.2) is 12.7 Å². The number of rotatable bonds is 8. The number of benzene rings is 2. The van der Waals surface area contributed by atoms with Crippen molar-refractivity contribution in [2.24, 2.45) is 0 Å². The van der Waals surface area contributed by atoms with E-state index in [1.807, 2.05) is 24.3 Å². The Morgan fingerprint density at radius 3 is 2.40 bits per heavy atom. The summed E-state index contributed by atoms with van der Waals surface area (Å²) in [5.74, 6) is -0.674. The van der Waals surface area contributed by atoms with Crippen LogP contribution < -0.4 is 15.0 Å². The number of ether oxygens (including phenoxy) is 3. The molecule has 1 N–H and O–H groups in total. The normalized spacial score (nSPS) is 14.5. The number of anilines is 2. The third-order valence-corrected chi connectivity index (χ3v) is 4.56. The molecule has 0 spiro atoms. The number of morpholine rings is 1. The lowest BCUT2D eigenvalue weighted by Gasteiger charge is -2.28. The fourth-order valence-corrected chi connectivity index (χ4v) is 2.89. The number of hydrogen-bond donors (Lipinski definition) is 1. The molecule has 30 heavy (non-hydrogen) atoms. The van der Waals surface area contributed by atoms with Crippen LogP contribution in [0.4, 0.5) is 11.4 Å². The van der Waals surface area contributed by atoms with Crippen LogP contribution >= 0.6 is 0 Å². The molecule has 8 heteroatoms. The maximum Gasteiger partial charge on any atom is 0.344 e. The number of esters is 1. The standard InChI is InChI=1S/C22H24N2O6/c1-16(30-21(26)15-29-20-8-2-17(14-25)3-9-20)22(27)23-18-4-6-19(7-5-18)24-10-12-28-13-11-24/h2-9,14,16H,10-13,15H2,1H3,(H,23,27). The Balaban J connectivity index is 1.44. The minimum Gasteiger partial charge on any atom is -0.482 e. The van der Waals surface area contributed by atoms with Crippen molar-refractivity contribution in [2.45, 2.75) is 13.0 Å². The van der Waals surface area contributed by atoms with Gasteiger partial charge in [-0.25, -0.2) is 4.79 Å². The highest BCUT2D eigenvalue weighted by Gasteiger charge is 2.19. The third-order valence-electron chi connectivity index (χ3n) is 4.56. The van der Waals surface area contributed by atoms with Crippen LogP contribution in [0.25, 0.3) is 0 Å². The molecule has 2 aromatic carbocycles. The van der Waals surface area contributed by atoms with E-state index >= 15 is 0 Å². The molecule has 158 valence electrons. The summed E-state index contributed by atoms with van der Waals surface area (Å²) in [5.41, 5.74) is 2.19. The second kappa shape index (κ2) is 10.4. The fourth-order valence-electron chi connectivity index (χ4n) is 2.89. The Morgan fingerprint density at radius 2 is 1.77 bits per heavy atom. The number of carbonyl (C=O) groups is 3. The molecule has 1 atom stereocenters. The summed E-state index contributed by atoms with van der Waals surface area (Å²) in [6.07, 6.45) is -0.258. The minimum atomic E-state index is -0.975. The molecule has 1 aliphatic heterocycles. The largest absolute Gasteiger partial charge is 0.482 e. The molecule has 0 aliphatic carbocycles. The van der Waals surface area contributed by atoms with E-state index in [0.717, 1.165) is 18.8 Å². The predicted octanol–water partition coefficient (Wildman–Crippen LogP) is 2.28. The lowest BCUT2D eigenvalue weighted by atomic mass is 10.2. The summed E-state index contributed by atoms with van der Waals surface area (Å²) in [7, 11) is 0. The number of nitrogens with zero attached hydrogens (tertiary/aromatic N) is 1. The summed E-state index contributed by atoms with van der Waals surface area (Å²) >= 11 is 0. The minimum absolute atomic E-state index is 0.341. The van der Waals surface area contributed by atoms with Crippen LogP contribution in [-0.2, 0) is 19.1 Å². The number of aldehydes is 1. The lowest BCUT2D eigenvalue weighted by Crippen LogP contribution is -2.36. The van der Waals surface area contributed by atoms with E-state index in [-0.39, 0.29) is 6.61 Å². The van der Waals surface area contributed by atoms with E-state index in [2.05, 4.69) is 10.2 Å². The Morgan fingerprint density at radius 1 is 1.10 bits per heavy atom. The average molecular weight is 412 g/mol.